The van der Waals surface area contributed by atoms with E-state index in [0.29, 0.717) is 11.9 Å². The van der Waals surface area contributed by atoms with Gasteiger partial charge in [-0.15, -0.1) is 0 Å². The maximum Gasteiger partial charge on any atom is 0.296 e. The van der Waals surface area contributed by atoms with Crippen LogP contribution in [0.5, 0.6) is 0 Å². The average molecular weight is 312 g/mol. The number of oxazole rings is 1. The number of anilines is 1. The molecule has 0 amide bonds. The van der Waals surface area contributed by atoms with Crippen LogP contribution in [0, 0.1) is 12.8 Å². The van der Waals surface area contributed by atoms with Crippen molar-refractivity contribution in [1.29, 1.82) is 0 Å². The van der Waals surface area contributed by atoms with Gasteiger partial charge in [-0.1, -0.05) is 6.07 Å². The highest BCUT2D eigenvalue weighted by atomic mass is 16.4. The molecule has 0 spiro atoms. The van der Waals surface area contributed by atoms with E-state index >= 15 is 0 Å². The molecule has 3 aromatic rings. The lowest BCUT2D eigenvalue weighted by molar-refractivity contribution is 0.0336. The van der Waals surface area contributed by atoms with Crippen molar-refractivity contribution in [3.05, 3.63) is 41.7 Å². The van der Waals surface area contributed by atoms with Crippen molar-refractivity contribution in [2.75, 3.05) is 5.32 Å². The summed E-state index contributed by atoms with van der Waals surface area (Å²) >= 11 is 0. The molecule has 0 aliphatic heterocycles. The van der Waals surface area contributed by atoms with Gasteiger partial charge in [-0.3, -0.25) is 4.68 Å². The SMILES string of the molecule is Cc1ccc2oc(NC(c3cnn(C)c3)C3CC(O)C3)nc2c1. The number of aryl methyl sites for hydroxylation is 2. The number of nitrogens with one attached hydrogen (secondary N) is 1. The molecule has 23 heavy (non-hydrogen) atoms. The van der Waals surface area contributed by atoms with E-state index in [9.17, 15) is 5.11 Å². The maximum absolute atomic E-state index is 9.64. The number of fused-ring (bicyclic) bond motifs is 1. The first-order valence-electron chi connectivity index (χ1n) is 7.89. The van der Waals surface area contributed by atoms with Crippen molar-refractivity contribution in [3.8, 4) is 0 Å². The molecule has 6 heteroatoms. The van der Waals surface area contributed by atoms with E-state index in [1.54, 1.807) is 4.68 Å². The molecule has 1 unspecified atom stereocenters. The molecular weight excluding hydrogens is 292 g/mol. The number of nitrogens with zero attached hydrogens (tertiary/aromatic N) is 3. The molecule has 1 fully saturated rings. The molecule has 1 saturated carbocycles. The highest BCUT2D eigenvalue weighted by Crippen LogP contribution is 2.40. The Kier molecular flexibility index (Phi) is 3.34. The van der Waals surface area contributed by atoms with E-state index in [1.165, 1.54) is 0 Å². The summed E-state index contributed by atoms with van der Waals surface area (Å²) in [5, 5.41) is 17.3. The normalized spacial score (nSPS) is 22.0. The molecule has 2 heterocycles. The lowest BCUT2D eigenvalue weighted by Crippen LogP contribution is -2.35. The van der Waals surface area contributed by atoms with Crippen LogP contribution in [0.3, 0.4) is 0 Å². The molecular formula is C17H20N4O2. The Morgan fingerprint density at radius 2 is 2.22 bits per heavy atom. The monoisotopic (exact) mass is 312 g/mol. The second-order valence-corrected chi connectivity index (χ2v) is 6.44. The fourth-order valence-corrected chi connectivity index (χ4v) is 3.21. The number of aromatic nitrogens is 3. The third-order valence-electron chi connectivity index (χ3n) is 4.53. The van der Waals surface area contributed by atoms with Gasteiger partial charge in [-0.25, -0.2) is 0 Å². The third kappa shape index (κ3) is 2.70. The van der Waals surface area contributed by atoms with Gasteiger partial charge in [0.05, 0.1) is 18.3 Å². The van der Waals surface area contributed by atoms with Gasteiger partial charge in [0.1, 0.15) is 5.52 Å². The van der Waals surface area contributed by atoms with Gasteiger partial charge in [0.15, 0.2) is 5.58 Å². The smallest absolute Gasteiger partial charge is 0.296 e. The highest BCUT2D eigenvalue weighted by molar-refractivity contribution is 5.75. The summed E-state index contributed by atoms with van der Waals surface area (Å²) in [7, 11) is 1.90. The van der Waals surface area contributed by atoms with Crippen LogP contribution in [0.15, 0.2) is 35.0 Å². The number of hydrogen-bond donors (Lipinski definition) is 2. The van der Waals surface area contributed by atoms with E-state index in [-0.39, 0.29) is 12.1 Å². The predicted octanol–water partition coefficient (Wildman–Crippen LogP) is 2.79. The summed E-state index contributed by atoms with van der Waals surface area (Å²) in [6.45, 7) is 2.04. The number of aliphatic hydroxyl groups is 1. The fourth-order valence-electron chi connectivity index (χ4n) is 3.21. The van der Waals surface area contributed by atoms with Gasteiger partial charge in [0.25, 0.3) is 6.01 Å². The lowest BCUT2D eigenvalue weighted by Gasteiger charge is -2.37. The minimum atomic E-state index is -0.202. The average Bonchev–Trinajstić information content (AvgIpc) is 3.07. The summed E-state index contributed by atoms with van der Waals surface area (Å²) in [6, 6.07) is 6.52. The fraction of sp³-hybridized carbons (Fsp3) is 0.412. The molecule has 0 saturated heterocycles. The first-order valence-corrected chi connectivity index (χ1v) is 7.89. The number of hydrogen-bond acceptors (Lipinski definition) is 5. The van der Waals surface area contributed by atoms with Gasteiger partial charge < -0.3 is 14.8 Å². The number of benzene rings is 1. The standard InChI is InChI=1S/C17H20N4O2/c1-10-3-4-15-14(5-10)19-17(23-15)20-16(11-6-13(22)7-11)12-8-18-21(2)9-12/h3-5,8-9,11,13,16,22H,6-7H2,1-2H3,(H,19,20). The summed E-state index contributed by atoms with van der Waals surface area (Å²) in [6.07, 6.45) is 5.22. The maximum atomic E-state index is 9.64. The van der Waals surface area contributed by atoms with Crippen LogP contribution < -0.4 is 5.32 Å². The van der Waals surface area contributed by atoms with E-state index in [1.807, 2.05) is 44.6 Å². The molecule has 1 aliphatic carbocycles. The third-order valence-corrected chi connectivity index (χ3v) is 4.53. The van der Waals surface area contributed by atoms with Gasteiger partial charge in [0, 0.05) is 18.8 Å². The molecule has 2 N–H and O–H groups in total. The van der Waals surface area contributed by atoms with Crippen LogP contribution in [0.2, 0.25) is 0 Å². The predicted molar refractivity (Wildman–Crippen MR) is 87.0 cm³/mol. The molecule has 1 atom stereocenters. The number of aliphatic hydroxyl groups excluding tert-OH is 1. The second kappa shape index (κ2) is 5.38. The first-order chi connectivity index (χ1) is 11.1. The minimum absolute atomic E-state index is 0.0428. The van der Waals surface area contributed by atoms with E-state index in [0.717, 1.165) is 35.1 Å². The molecule has 0 bridgehead atoms. The molecule has 4 rings (SSSR count). The van der Waals surface area contributed by atoms with E-state index in [2.05, 4.69) is 15.4 Å². The van der Waals surface area contributed by atoms with Crippen LogP contribution in [0.4, 0.5) is 6.01 Å². The van der Waals surface area contributed by atoms with Gasteiger partial charge >= 0.3 is 0 Å². The van der Waals surface area contributed by atoms with Gasteiger partial charge in [-0.05, 0) is 43.4 Å². The van der Waals surface area contributed by atoms with Crippen molar-refractivity contribution in [2.45, 2.75) is 31.9 Å². The summed E-state index contributed by atoms with van der Waals surface area (Å²) in [5.41, 5.74) is 3.87. The van der Waals surface area contributed by atoms with Gasteiger partial charge in [-0.2, -0.15) is 10.1 Å². The Hall–Kier alpha value is -2.34. The Morgan fingerprint density at radius 3 is 2.91 bits per heavy atom. The lowest BCUT2D eigenvalue weighted by atomic mass is 9.75. The van der Waals surface area contributed by atoms with Crippen molar-refractivity contribution in [2.24, 2.45) is 13.0 Å². The van der Waals surface area contributed by atoms with E-state index < -0.39 is 0 Å². The quantitative estimate of drug-likeness (QED) is 0.774. The van der Waals surface area contributed by atoms with Crippen molar-refractivity contribution in [1.82, 2.24) is 14.8 Å². The van der Waals surface area contributed by atoms with Crippen LogP contribution >= 0.6 is 0 Å². The Balaban J connectivity index is 1.63. The first kappa shape index (κ1) is 14.3. The summed E-state index contributed by atoms with van der Waals surface area (Å²) in [5.74, 6) is 0.353. The summed E-state index contributed by atoms with van der Waals surface area (Å²) < 4.78 is 7.60. The van der Waals surface area contributed by atoms with Gasteiger partial charge in [0.2, 0.25) is 0 Å². The topological polar surface area (TPSA) is 76.1 Å². The van der Waals surface area contributed by atoms with Crippen molar-refractivity contribution >= 4 is 17.1 Å². The molecule has 6 nitrogen and oxygen atoms in total. The van der Waals surface area contributed by atoms with Crippen molar-refractivity contribution in [3.63, 3.8) is 0 Å². The number of rotatable bonds is 4. The Bertz CT molecular complexity index is 832. The highest BCUT2D eigenvalue weighted by Gasteiger charge is 2.36. The second-order valence-electron chi connectivity index (χ2n) is 6.44. The van der Waals surface area contributed by atoms with Crippen LogP contribution in [0.1, 0.15) is 30.0 Å². The zero-order valence-corrected chi connectivity index (χ0v) is 13.2. The largest absolute Gasteiger partial charge is 0.424 e. The van der Waals surface area contributed by atoms with Crippen LogP contribution in [-0.4, -0.2) is 26.0 Å². The Morgan fingerprint density at radius 1 is 1.39 bits per heavy atom. The van der Waals surface area contributed by atoms with Crippen molar-refractivity contribution < 1.29 is 9.52 Å². The zero-order chi connectivity index (χ0) is 16.0. The summed E-state index contributed by atoms with van der Waals surface area (Å²) in [4.78, 5) is 4.54. The van der Waals surface area contributed by atoms with Crippen LogP contribution in [-0.2, 0) is 7.05 Å². The molecule has 2 aromatic heterocycles. The minimum Gasteiger partial charge on any atom is -0.424 e. The molecule has 1 aromatic carbocycles. The van der Waals surface area contributed by atoms with E-state index in [4.69, 9.17) is 4.42 Å². The molecule has 1 aliphatic rings. The van der Waals surface area contributed by atoms with Crippen LogP contribution in [0.25, 0.3) is 11.1 Å². The Labute approximate surface area is 134 Å². The molecule has 120 valence electrons. The molecule has 0 radical (unpaired) electrons. The zero-order valence-electron chi connectivity index (χ0n) is 13.2.